The van der Waals surface area contributed by atoms with Gasteiger partial charge in [0, 0.05) is 50.8 Å². The quantitative estimate of drug-likeness (QED) is 0.371. The van der Waals surface area contributed by atoms with Gasteiger partial charge in [0.15, 0.2) is 0 Å². The van der Waals surface area contributed by atoms with Gasteiger partial charge in [0.25, 0.3) is 5.91 Å². The van der Waals surface area contributed by atoms with Crippen LogP contribution in [0.4, 0.5) is 10.5 Å². The Balaban J connectivity index is 2.38. The Hall–Kier alpha value is -2.89. The number of likely N-dealkylation sites (N-methyl/N-ethyl adjacent to an activating group) is 1. The van der Waals surface area contributed by atoms with Gasteiger partial charge in [-0.05, 0) is 92.2 Å². The first-order chi connectivity index (χ1) is 20.3. The van der Waals surface area contributed by atoms with Crippen LogP contribution in [0.1, 0.15) is 77.1 Å². The largest absolute Gasteiger partial charge is 0.490 e. The molecule has 0 radical (unpaired) electrons. The molecule has 0 saturated heterocycles. The third-order valence-corrected chi connectivity index (χ3v) is 7.60. The maximum absolute atomic E-state index is 14.2. The van der Waals surface area contributed by atoms with Crippen molar-refractivity contribution in [1.29, 1.82) is 0 Å². The number of nitrogens with zero attached hydrogens (tertiary/aromatic N) is 3. The van der Waals surface area contributed by atoms with Crippen LogP contribution < -0.4 is 15.4 Å². The maximum Gasteiger partial charge on any atom is 0.319 e. The number of amides is 4. The normalized spacial score (nSPS) is 21.0. The summed E-state index contributed by atoms with van der Waals surface area (Å²) in [6.07, 6.45) is 3.29. The lowest BCUT2D eigenvalue weighted by atomic mass is 10.0. The third kappa shape index (κ3) is 12.3. The van der Waals surface area contributed by atoms with Crippen molar-refractivity contribution in [2.75, 3.05) is 59.3 Å². The molecule has 4 amide bonds. The van der Waals surface area contributed by atoms with Crippen molar-refractivity contribution in [3.8, 4) is 5.75 Å². The number of anilines is 1. The number of urea groups is 1. The van der Waals surface area contributed by atoms with Crippen molar-refractivity contribution in [2.45, 2.75) is 91.0 Å². The molecule has 0 unspecified atom stereocenters. The molecule has 43 heavy (non-hydrogen) atoms. The lowest BCUT2D eigenvalue weighted by Crippen LogP contribution is -2.48. The second kappa shape index (κ2) is 18.0. The SMILES string of the molecule is CC(C)NC(=O)Nc1ccc2c(c1)C(=O)N([C@H](C)CO)C[C@H](C)[C@H](CN(C)C(=O)CCCN(C)C)OCCCC[C@@H](C)O2. The number of aliphatic hydroxyl groups is 1. The molecule has 1 aromatic carbocycles. The zero-order valence-corrected chi connectivity index (χ0v) is 27.5. The van der Waals surface area contributed by atoms with Crippen LogP contribution in [0.2, 0.25) is 0 Å². The Morgan fingerprint density at radius 3 is 2.51 bits per heavy atom. The fourth-order valence-electron chi connectivity index (χ4n) is 5.00. The topological polar surface area (TPSA) is 124 Å². The van der Waals surface area contributed by atoms with Crippen LogP contribution in [-0.4, -0.2) is 116 Å². The van der Waals surface area contributed by atoms with E-state index in [2.05, 4.69) is 15.5 Å². The number of nitrogens with one attached hydrogen (secondary N) is 2. The van der Waals surface area contributed by atoms with Crippen molar-refractivity contribution in [2.24, 2.45) is 5.92 Å². The van der Waals surface area contributed by atoms with Gasteiger partial charge >= 0.3 is 6.03 Å². The van der Waals surface area contributed by atoms with Crippen LogP contribution in [0.5, 0.6) is 5.75 Å². The number of ether oxygens (including phenoxy) is 2. The zero-order valence-electron chi connectivity index (χ0n) is 27.5. The average Bonchev–Trinajstić information content (AvgIpc) is 2.93. The van der Waals surface area contributed by atoms with Crippen LogP contribution in [0, 0.1) is 5.92 Å². The van der Waals surface area contributed by atoms with E-state index in [1.807, 2.05) is 41.8 Å². The highest BCUT2D eigenvalue weighted by Gasteiger charge is 2.31. The molecule has 0 fully saturated rings. The molecule has 4 atom stereocenters. The van der Waals surface area contributed by atoms with E-state index in [0.717, 1.165) is 32.2 Å². The van der Waals surface area contributed by atoms with Gasteiger partial charge < -0.3 is 39.9 Å². The number of fused-ring (bicyclic) bond motifs is 1. The first-order valence-electron chi connectivity index (χ1n) is 15.6. The Morgan fingerprint density at radius 2 is 1.86 bits per heavy atom. The van der Waals surface area contributed by atoms with E-state index in [0.29, 0.717) is 43.1 Å². The summed E-state index contributed by atoms with van der Waals surface area (Å²) in [6.45, 7) is 11.4. The molecule has 0 spiro atoms. The minimum Gasteiger partial charge on any atom is -0.490 e. The summed E-state index contributed by atoms with van der Waals surface area (Å²) in [4.78, 5) is 44.9. The van der Waals surface area contributed by atoms with E-state index in [-0.39, 0.29) is 48.6 Å². The van der Waals surface area contributed by atoms with E-state index in [1.165, 1.54) is 0 Å². The van der Waals surface area contributed by atoms with Crippen molar-refractivity contribution >= 4 is 23.5 Å². The Morgan fingerprint density at radius 1 is 1.14 bits per heavy atom. The Kier molecular flexibility index (Phi) is 15.2. The average molecular weight is 606 g/mol. The van der Waals surface area contributed by atoms with Gasteiger partial charge in [-0.2, -0.15) is 0 Å². The molecule has 11 nitrogen and oxygen atoms in total. The van der Waals surface area contributed by atoms with Gasteiger partial charge in [0.05, 0.1) is 30.4 Å². The number of hydrogen-bond acceptors (Lipinski definition) is 7. The molecule has 1 aromatic rings. The van der Waals surface area contributed by atoms with E-state index in [1.54, 1.807) is 42.0 Å². The Bertz CT molecular complexity index is 1040. The molecule has 1 aliphatic heterocycles. The summed E-state index contributed by atoms with van der Waals surface area (Å²) in [5.41, 5.74) is 0.771. The van der Waals surface area contributed by atoms with Crippen molar-refractivity contribution in [3.63, 3.8) is 0 Å². The number of benzene rings is 1. The third-order valence-electron chi connectivity index (χ3n) is 7.60. The fraction of sp³-hybridized carbons (Fsp3) is 0.719. The van der Waals surface area contributed by atoms with Gasteiger partial charge in [-0.1, -0.05) is 6.92 Å². The molecular weight excluding hydrogens is 550 g/mol. The molecular formula is C32H55N5O6. The van der Waals surface area contributed by atoms with Crippen LogP contribution in [0.15, 0.2) is 18.2 Å². The van der Waals surface area contributed by atoms with Gasteiger partial charge in [0.1, 0.15) is 5.75 Å². The van der Waals surface area contributed by atoms with Crippen LogP contribution >= 0.6 is 0 Å². The molecule has 244 valence electrons. The number of carbonyl (C=O) groups is 3. The molecule has 1 aliphatic rings. The second-order valence-corrected chi connectivity index (χ2v) is 12.4. The summed E-state index contributed by atoms with van der Waals surface area (Å²) in [7, 11) is 5.79. The van der Waals surface area contributed by atoms with Gasteiger partial charge in [-0.25, -0.2) is 4.79 Å². The van der Waals surface area contributed by atoms with Crippen LogP contribution in [-0.2, 0) is 9.53 Å². The van der Waals surface area contributed by atoms with Crippen molar-refractivity contribution < 1.29 is 29.0 Å². The van der Waals surface area contributed by atoms with Gasteiger partial charge in [-0.3, -0.25) is 9.59 Å². The highest BCUT2D eigenvalue weighted by Crippen LogP contribution is 2.28. The summed E-state index contributed by atoms with van der Waals surface area (Å²) < 4.78 is 12.6. The van der Waals surface area contributed by atoms with E-state index in [4.69, 9.17) is 9.47 Å². The molecule has 0 bridgehead atoms. The minimum absolute atomic E-state index is 0.0481. The first kappa shape index (κ1) is 36.3. The molecule has 1 heterocycles. The predicted molar refractivity (Wildman–Crippen MR) is 170 cm³/mol. The van der Waals surface area contributed by atoms with Crippen molar-refractivity contribution in [3.05, 3.63) is 23.8 Å². The lowest BCUT2D eigenvalue weighted by molar-refractivity contribution is -0.132. The molecule has 2 rings (SSSR count). The second-order valence-electron chi connectivity index (χ2n) is 12.4. The lowest BCUT2D eigenvalue weighted by Gasteiger charge is -2.36. The summed E-state index contributed by atoms with van der Waals surface area (Å²) in [5, 5.41) is 15.7. The number of hydrogen-bond donors (Lipinski definition) is 3. The maximum atomic E-state index is 14.2. The highest BCUT2D eigenvalue weighted by atomic mass is 16.5. The predicted octanol–water partition coefficient (Wildman–Crippen LogP) is 3.81. The highest BCUT2D eigenvalue weighted by molar-refractivity contribution is 5.99. The van der Waals surface area contributed by atoms with Gasteiger partial charge in [0.2, 0.25) is 5.91 Å². The monoisotopic (exact) mass is 605 g/mol. The van der Waals surface area contributed by atoms with Gasteiger partial charge in [-0.15, -0.1) is 0 Å². The number of aliphatic hydroxyl groups excluding tert-OH is 1. The zero-order chi connectivity index (χ0) is 32.1. The smallest absolute Gasteiger partial charge is 0.319 e. The summed E-state index contributed by atoms with van der Waals surface area (Å²) in [6, 6.07) is 4.17. The van der Waals surface area contributed by atoms with E-state index in [9.17, 15) is 19.5 Å². The van der Waals surface area contributed by atoms with E-state index < -0.39 is 6.04 Å². The van der Waals surface area contributed by atoms with Crippen LogP contribution in [0.3, 0.4) is 0 Å². The summed E-state index contributed by atoms with van der Waals surface area (Å²) >= 11 is 0. The molecule has 3 N–H and O–H groups in total. The first-order valence-corrected chi connectivity index (χ1v) is 15.6. The van der Waals surface area contributed by atoms with E-state index >= 15 is 0 Å². The fourth-order valence-corrected chi connectivity index (χ4v) is 5.00. The standard InChI is InChI=1S/C32H55N5O6/c1-22(2)33-32(41)34-26-14-15-28-27(18-26)31(40)37(24(4)21-38)19-23(3)29(42-17-10-9-12-25(5)43-28)20-36(8)30(39)13-11-16-35(6)7/h14-15,18,22-25,29,38H,9-13,16-17,19-21H2,1-8H3,(H2,33,34,41)/t23-,24+,25+,29-/m0/s1. The molecule has 0 saturated carbocycles. The summed E-state index contributed by atoms with van der Waals surface area (Å²) in [5.74, 6) is 0.0462. The minimum atomic E-state index is -0.486. The van der Waals surface area contributed by atoms with Crippen molar-refractivity contribution in [1.82, 2.24) is 20.0 Å². The Labute approximate surface area is 258 Å². The molecule has 0 aromatic heterocycles. The number of carbonyl (C=O) groups excluding carboxylic acids is 3. The molecule has 0 aliphatic carbocycles. The van der Waals surface area contributed by atoms with Crippen LogP contribution in [0.25, 0.3) is 0 Å². The number of rotatable bonds is 10. The molecule has 11 heteroatoms.